The molecule has 4 fully saturated rings. The third-order valence-electron chi connectivity index (χ3n) is 19.0. The van der Waals surface area contributed by atoms with Crippen LogP contribution in [0.5, 0.6) is 11.5 Å². The van der Waals surface area contributed by atoms with Crippen LogP contribution in [0.15, 0.2) is 60.7 Å². The second-order valence-corrected chi connectivity index (χ2v) is 103. The fourth-order valence-electron chi connectivity index (χ4n) is 13.9. The molecule has 4 saturated carbocycles. The van der Waals surface area contributed by atoms with Crippen LogP contribution < -0.4 is 9.47 Å². The summed E-state index contributed by atoms with van der Waals surface area (Å²) in [6.07, 6.45) is 22.3. The van der Waals surface area contributed by atoms with Gasteiger partial charge < -0.3 is 109 Å². The van der Waals surface area contributed by atoms with E-state index in [0.29, 0.717) is 25.4 Å². The van der Waals surface area contributed by atoms with E-state index in [-0.39, 0.29) is 31.3 Å². The maximum absolute atomic E-state index is 6.60. The lowest BCUT2D eigenvalue weighted by Gasteiger charge is -2.40. The average molecular weight is 2200 g/mol. The topological polar surface area (TPSA) is 240 Å². The van der Waals surface area contributed by atoms with Crippen molar-refractivity contribution in [2.45, 2.75) is 532 Å². The van der Waals surface area contributed by atoms with Gasteiger partial charge in [-0.25, -0.2) is 4.74 Å². The molecule has 4 aliphatic rings. The Hall–Kier alpha value is 0.333. The largest absolute Gasteiger partial charge is 0.433 e. The van der Waals surface area contributed by atoms with Crippen molar-refractivity contribution in [1.29, 1.82) is 0 Å². The van der Waals surface area contributed by atoms with Gasteiger partial charge in [-0.2, -0.15) is 0 Å². The van der Waals surface area contributed by atoms with Crippen LogP contribution in [0.3, 0.4) is 0 Å². The van der Waals surface area contributed by atoms with Crippen LogP contribution in [0.25, 0.3) is 0 Å². The third kappa shape index (κ3) is 79.1. The lowest BCUT2D eigenvalue weighted by atomic mass is 9.97. The average Bonchev–Trinajstić information content (AvgIpc) is 1.36. The fourth-order valence-corrected chi connectivity index (χ4v) is 28.8. The molecule has 0 N–H and O–H groups in total. The zero-order valence-electron chi connectivity index (χ0n) is 96.0. The van der Waals surface area contributed by atoms with E-state index in [1.54, 1.807) is 6.92 Å². The maximum Gasteiger partial charge on any atom is 0.417 e. The van der Waals surface area contributed by atoms with E-state index in [0.717, 1.165) is 34.7 Å². The number of para-hydroxylation sites is 2. The molecule has 4 aliphatic carbocycles. The first-order valence-corrected chi connectivity index (χ1v) is 98.0. The predicted molar refractivity (Wildman–Crippen MR) is 603 cm³/mol. The molecule has 0 aliphatic heterocycles. The van der Waals surface area contributed by atoms with Crippen molar-refractivity contribution in [2.24, 2.45) is 0 Å². The van der Waals surface area contributed by atoms with Crippen molar-refractivity contribution < 1.29 is 118 Å². The maximum atomic E-state index is 6.60. The van der Waals surface area contributed by atoms with Crippen LogP contribution >= 0.6 is 0 Å². The first-order chi connectivity index (χ1) is 62.8. The summed E-state index contributed by atoms with van der Waals surface area (Å²) in [5.41, 5.74) is 1.76. The molecular weight excluding hydrogens is 1990 g/mol. The van der Waals surface area contributed by atoms with E-state index < -0.39 is 174 Å². The summed E-state index contributed by atoms with van der Waals surface area (Å²) in [5, 5.41) is 0. The van der Waals surface area contributed by atoms with Gasteiger partial charge in [-0.1, -0.05) is 140 Å². The highest BCUT2D eigenvalue weighted by Crippen LogP contribution is 2.45. The highest BCUT2D eigenvalue weighted by molar-refractivity contribution is 6.73. The van der Waals surface area contributed by atoms with Crippen molar-refractivity contribution in [3.8, 4) is 11.5 Å². The third-order valence-corrected chi connectivity index (χ3v) is 36.3. The molecule has 2 aromatic rings. The normalized spacial score (nSPS) is 16.2. The number of rotatable bonds is 56. The molecule has 0 saturated heterocycles. The molecule has 137 heavy (non-hydrogen) atoms. The minimum Gasteiger partial charge on any atom is -0.433 e. The first kappa shape index (κ1) is 137. The van der Waals surface area contributed by atoms with Gasteiger partial charge in [0, 0.05) is 20.1 Å². The standard InChI is InChI=1S/C17H40O6Si2.C16H32O3Si.C16H20O3Si.C15H34O3Si3.C13H32O5Si2.C10H28O3Si3.C9H26O3Si3/c1-13(2)18-17(19-14(3)4,20-15(5)6)21-16(22-24(7,8)9)23-25(10,11)12;2*1-20(2,3)19-16(17-14-10-6-4-7-11-14)18-15-12-8-5-9-13-15;1-19(2)16-15(17-20(3)4)18-21(13-9-5-6-10-13)14-11-7-8-12-14;1-10-14-13(3,15-11-2)16-12(17-19(4,5)6)18-20(7,8)9;1-14(2,3)11-10(12-15(4,5)6)13-16(7,8)9;1-7-15(8-2)12-9(10-13(3)4)11-14(5)6/h13-16H,1-12H3;14-16H,4-13H2,1-3H3;4-13,16H,1-3H3;13-15,19-21H,5-12H2,1-4H3;12H,10-11H2,1-9H3;10H,1-9H3;9,13-15H,7-8H2,1-6H3. The highest BCUT2D eigenvalue weighted by atomic mass is 28.4. The van der Waals surface area contributed by atoms with Gasteiger partial charge in [0.05, 0.1) is 30.5 Å². The van der Waals surface area contributed by atoms with E-state index in [1.165, 1.54) is 116 Å². The quantitative estimate of drug-likeness (QED) is 0.0441. The molecule has 0 amide bonds. The summed E-state index contributed by atoms with van der Waals surface area (Å²) in [6, 6.07) is 21.4. The molecule has 0 radical (unpaired) electrons. The van der Waals surface area contributed by atoms with Crippen molar-refractivity contribution in [3.63, 3.8) is 0 Å². The number of ether oxygens (including phenoxy) is 11. The van der Waals surface area contributed by atoms with Crippen molar-refractivity contribution in [3.05, 3.63) is 60.7 Å². The number of hydrogen-bond acceptors (Lipinski definition) is 26. The van der Waals surface area contributed by atoms with Gasteiger partial charge in [-0.15, -0.1) is 0 Å². The van der Waals surface area contributed by atoms with Gasteiger partial charge >= 0.3 is 12.6 Å². The van der Waals surface area contributed by atoms with Crippen LogP contribution in [0.1, 0.15) is 192 Å². The zero-order chi connectivity index (χ0) is 105. The SMILES string of the molecule is CC(C)OC(OC(C)C)(OC(C)C)OC(O[Si](C)(C)C)O[Si](C)(C)C.CCOC(C)(OCC)OC(O[Si](C)(C)C)O[Si](C)(C)C.CC[SiH](CC)OC(O[SiH](C)C)O[SiH](C)C.C[SiH](C)OC(O[SiH](C)C)O[SiH](C1CCCC1)C1CCCC1.C[Si](C)(C)OC(OC1CCCCC1)OC1CCCCC1.C[Si](C)(C)OC(O[Si](C)(C)C)O[Si](C)(C)C.C[Si](C)(C)OC(Oc1ccccc1)Oc1ccccc1. The van der Waals surface area contributed by atoms with Gasteiger partial charge in [-0.3, -0.25) is 4.74 Å². The Bertz CT molecular complexity index is 3040. The Morgan fingerprint density at radius 1 is 0.285 bits per heavy atom. The lowest BCUT2D eigenvalue weighted by molar-refractivity contribution is -0.551. The number of hydrogen-bond donors (Lipinski definition) is 0. The Labute approximate surface area is 858 Å². The Morgan fingerprint density at radius 2 is 0.533 bits per heavy atom. The van der Waals surface area contributed by atoms with E-state index in [1.807, 2.05) is 116 Å². The molecule has 0 spiro atoms. The Balaban J connectivity index is 0.00000158. The molecule has 6 rings (SSSR count). The smallest absolute Gasteiger partial charge is 0.417 e. The van der Waals surface area contributed by atoms with Crippen LogP contribution in [0, 0.1) is 0 Å². The molecule has 41 heteroatoms. The molecule has 0 atom stereocenters. The van der Waals surface area contributed by atoms with E-state index in [4.69, 9.17) is 118 Å². The monoisotopic (exact) mass is 2200 g/mol. The van der Waals surface area contributed by atoms with E-state index >= 15 is 0 Å². The van der Waals surface area contributed by atoms with Crippen LogP contribution in [0.2, 0.25) is 252 Å². The summed E-state index contributed by atoms with van der Waals surface area (Å²) in [4.78, 5) is 0. The molecule has 26 nitrogen and oxygen atoms in total. The molecule has 0 aromatic heterocycles. The lowest BCUT2D eigenvalue weighted by Crippen LogP contribution is -2.53. The molecule has 812 valence electrons. The molecule has 0 heterocycles. The second-order valence-electron chi connectivity index (χ2n) is 46.7. The van der Waals surface area contributed by atoms with Gasteiger partial charge in [0.25, 0.3) is 25.4 Å². The summed E-state index contributed by atoms with van der Waals surface area (Å²) in [7, 11) is -22.4. The van der Waals surface area contributed by atoms with E-state index in [9.17, 15) is 0 Å². The van der Waals surface area contributed by atoms with Crippen molar-refractivity contribution >= 4 is 129 Å². The summed E-state index contributed by atoms with van der Waals surface area (Å²) in [5.74, 6) is 0.311. The molecule has 0 bridgehead atoms. The highest BCUT2D eigenvalue weighted by Gasteiger charge is 2.46. The Morgan fingerprint density at radius 3 is 0.788 bits per heavy atom. The van der Waals surface area contributed by atoms with Crippen LogP contribution in [-0.2, 0) is 109 Å². The summed E-state index contributed by atoms with van der Waals surface area (Å²) >= 11 is 0. The molecule has 2 aromatic carbocycles. The zero-order valence-corrected chi connectivity index (χ0v) is 112. The van der Waals surface area contributed by atoms with Crippen molar-refractivity contribution in [1.82, 2.24) is 0 Å². The predicted octanol–water partition coefficient (Wildman–Crippen LogP) is 27.5. The van der Waals surface area contributed by atoms with Gasteiger partial charge in [0.2, 0.25) is 19.4 Å². The molecule has 0 unspecified atom stereocenters. The van der Waals surface area contributed by atoms with Gasteiger partial charge in [0.15, 0.2) is 129 Å². The minimum atomic E-state index is -1.93. The van der Waals surface area contributed by atoms with Crippen LogP contribution in [0.4, 0.5) is 0 Å². The van der Waals surface area contributed by atoms with Gasteiger partial charge in [0.1, 0.15) is 11.5 Å². The minimum absolute atomic E-state index is 0.170. The van der Waals surface area contributed by atoms with Gasteiger partial charge in [-0.05, 0) is 358 Å². The fraction of sp³-hybridized carbons (Fsp3) is 0.875. The van der Waals surface area contributed by atoms with E-state index in [2.05, 4.69) is 243 Å². The Kier molecular flexibility index (Phi) is 69.1. The molecular formula is C96H212O26Si15. The number of benzene rings is 2. The first-order valence-electron chi connectivity index (χ1n) is 52.3. The van der Waals surface area contributed by atoms with Crippen LogP contribution in [-0.4, -0.2) is 230 Å². The summed E-state index contributed by atoms with van der Waals surface area (Å²) < 4.78 is 155. The van der Waals surface area contributed by atoms with Crippen molar-refractivity contribution in [2.75, 3.05) is 13.2 Å². The second kappa shape index (κ2) is 68.9. The summed E-state index contributed by atoms with van der Waals surface area (Å²) in [6.45, 7) is 93.1.